The quantitative estimate of drug-likeness (QED) is 0.450. The van der Waals surface area contributed by atoms with Crippen LogP contribution in [-0.4, -0.2) is 46.4 Å². The molecule has 3 heterocycles. The lowest BCUT2D eigenvalue weighted by Crippen LogP contribution is -2.39. The molecule has 5 rings (SSSR count). The van der Waals surface area contributed by atoms with Crippen LogP contribution in [0.3, 0.4) is 0 Å². The number of ether oxygens (including phenoxy) is 1. The van der Waals surface area contributed by atoms with E-state index in [0.29, 0.717) is 28.1 Å². The zero-order valence-electron chi connectivity index (χ0n) is 19.8. The number of nitrogens with zero attached hydrogens (tertiary/aromatic N) is 4. The van der Waals surface area contributed by atoms with Crippen molar-refractivity contribution in [3.8, 4) is 5.88 Å². The number of aromatic nitrogens is 2. The van der Waals surface area contributed by atoms with Crippen molar-refractivity contribution in [2.75, 3.05) is 30.0 Å². The first kappa shape index (κ1) is 24.5. The molecular formula is C26H25Cl2N5O3. The number of para-hydroxylation sites is 1. The summed E-state index contributed by atoms with van der Waals surface area (Å²) in [5.41, 5.74) is 4.06. The summed E-state index contributed by atoms with van der Waals surface area (Å²) in [6.07, 6.45) is 3.91. The van der Waals surface area contributed by atoms with Gasteiger partial charge in [0.1, 0.15) is 11.3 Å². The number of halogens is 2. The molecule has 0 saturated heterocycles. The monoisotopic (exact) mass is 525 g/mol. The van der Waals surface area contributed by atoms with Crippen LogP contribution in [0.1, 0.15) is 41.3 Å². The highest BCUT2D eigenvalue weighted by molar-refractivity contribution is 6.40. The van der Waals surface area contributed by atoms with E-state index in [-0.39, 0.29) is 29.9 Å². The number of carbonyl (C=O) groups excluding carboxylic acids is 2. The average molecular weight is 526 g/mol. The number of rotatable bonds is 7. The predicted octanol–water partition coefficient (Wildman–Crippen LogP) is 5.25. The second-order valence-electron chi connectivity index (χ2n) is 8.93. The average Bonchev–Trinajstić information content (AvgIpc) is 2.85. The van der Waals surface area contributed by atoms with Gasteiger partial charge in [-0.05, 0) is 61.7 Å². The van der Waals surface area contributed by atoms with E-state index in [1.165, 1.54) is 22.2 Å². The van der Waals surface area contributed by atoms with Crippen molar-refractivity contribution in [3.63, 3.8) is 0 Å². The number of amides is 1. The van der Waals surface area contributed by atoms with Crippen LogP contribution in [-0.2, 0) is 17.8 Å². The van der Waals surface area contributed by atoms with Crippen LogP contribution in [0.5, 0.6) is 5.88 Å². The number of hydrogen-bond donors (Lipinski definition) is 1. The largest absolute Gasteiger partial charge is 0.455 e. The lowest BCUT2D eigenvalue weighted by atomic mass is 9.98. The zero-order valence-corrected chi connectivity index (χ0v) is 21.3. The normalized spacial score (nSPS) is 15.2. The van der Waals surface area contributed by atoms with Crippen molar-refractivity contribution in [2.45, 2.75) is 32.7 Å². The van der Waals surface area contributed by atoms with Gasteiger partial charge in [-0.3, -0.25) is 14.6 Å². The van der Waals surface area contributed by atoms with Crippen LogP contribution < -0.4 is 15.0 Å². The highest BCUT2D eigenvalue weighted by Crippen LogP contribution is 2.37. The summed E-state index contributed by atoms with van der Waals surface area (Å²) in [6.45, 7) is 4.35. The van der Waals surface area contributed by atoms with Crippen molar-refractivity contribution in [2.24, 2.45) is 0 Å². The lowest BCUT2D eigenvalue weighted by Gasteiger charge is -2.29. The molecule has 1 amide bonds. The number of hydrogen-bond acceptors (Lipinski definition) is 7. The van der Waals surface area contributed by atoms with Crippen molar-refractivity contribution in [3.05, 3.63) is 69.3 Å². The van der Waals surface area contributed by atoms with Crippen LogP contribution >= 0.6 is 23.2 Å². The Morgan fingerprint density at radius 2 is 1.97 bits per heavy atom. The van der Waals surface area contributed by atoms with E-state index in [9.17, 15) is 9.59 Å². The molecule has 0 unspecified atom stereocenters. The number of Topliss-reactive ketones (excluding diaryl/α,β-unsaturated/α-hetero) is 1. The second kappa shape index (κ2) is 10.4. The van der Waals surface area contributed by atoms with Gasteiger partial charge in [0.25, 0.3) is 5.91 Å². The first-order chi connectivity index (χ1) is 17.4. The molecule has 0 bridgehead atoms. The summed E-state index contributed by atoms with van der Waals surface area (Å²) >= 11 is 12.5. The molecule has 2 aliphatic heterocycles. The predicted molar refractivity (Wildman–Crippen MR) is 139 cm³/mol. The van der Waals surface area contributed by atoms with E-state index in [0.717, 1.165) is 38.2 Å². The van der Waals surface area contributed by atoms with E-state index in [1.807, 2.05) is 6.07 Å². The maximum atomic E-state index is 13.1. The summed E-state index contributed by atoms with van der Waals surface area (Å²) < 4.78 is 5.77. The molecular weight excluding hydrogens is 501 g/mol. The van der Waals surface area contributed by atoms with Crippen molar-refractivity contribution in [1.29, 1.82) is 0 Å². The Morgan fingerprint density at radius 1 is 1.17 bits per heavy atom. The molecule has 1 N–H and O–H groups in total. The van der Waals surface area contributed by atoms with E-state index >= 15 is 0 Å². The number of benzene rings is 2. The molecule has 0 aliphatic carbocycles. The Morgan fingerprint density at radius 3 is 2.75 bits per heavy atom. The van der Waals surface area contributed by atoms with Gasteiger partial charge in [0, 0.05) is 31.4 Å². The molecule has 1 aromatic heterocycles. The third-order valence-electron chi connectivity index (χ3n) is 6.32. The second-order valence-corrected chi connectivity index (χ2v) is 9.74. The molecule has 0 radical (unpaired) electrons. The van der Waals surface area contributed by atoms with Crippen LogP contribution in [0.2, 0.25) is 10.0 Å². The molecule has 186 valence electrons. The van der Waals surface area contributed by atoms with Gasteiger partial charge in [0.2, 0.25) is 11.8 Å². The maximum Gasteiger partial charge on any atom is 0.268 e. The zero-order chi connectivity index (χ0) is 25.2. The lowest BCUT2D eigenvalue weighted by molar-refractivity contribution is -0.117. The highest BCUT2D eigenvalue weighted by Gasteiger charge is 2.31. The van der Waals surface area contributed by atoms with E-state index in [4.69, 9.17) is 27.9 Å². The summed E-state index contributed by atoms with van der Waals surface area (Å²) in [4.78, 5) is 36.8. The van der Waals surface area contributed by atoms with Gasteiger partial charge < -0.3 is 14.8 Å². The van der Waals surface area contributed by atoms with Crippen molar-refractivity contribution in [1.82, 2.24) is 14.9 Å². The number of carbonyl (C=O) groups is 2. The van der Waals surface area contributed by atoms with Crippen LogP contribution in [0.15, 0.2) is 42.6 Å². The summed E-state index contributed by atoms with van der Waals surface area (Å²) in [5.74, 6) is 0.451. The summed E-state index contributed by atoms with van der Waals surface area (Å²) in [7, 11) is 0. The SMILES string of the molecule is CC(=O)CCCN1CCc2cc(Nc3ncc4c(n3)OCN(c3c(Cl)cccc3Cl)C4=O)ccc2C1. The molecule has 0 spiro atoms. The fraction of sp³-hybridized carbons (Fsp3) is 0.308. The molecule has 8 nitrogen and oxygen atoms in total. The van der Waals surface area contributed by atoms with Gasteiger partial charge >= 0.3 is 0 Å². The molecule has 36 heavy (non-hydrogen) atoms. The van der Waals surface area contributed by atoms with Gasteiger partial charge in [-0.1, -0.05) is 35.3 Å². The van der Waals surface area contributed by atoms with Gasteiger partial charge in [-0.2, -0.15) is 4.98 Å². The molecule has 10 heteroatoms. The van der Waals surface area contributed by atoms with Crippen LogP contribution in [0.25, 0.3) is 0 Å². The van der Waals surface area contributed by atoms with Crippen molar-refractivity contribution >= 4 is 52.2 Å². The standard InChI is InChI=1S/C26H25Cl2N5O3/c1-16(34)4-3-10-32-11-9-17-12-19(8-7-18(17)14-32)30-26-29-13-20-24(31-26)36-15-33(25(20)35)23-21(27)5-2-6-22(23)28/h2,5-8,12-13H,3-4,9-11,14-15H2,1H3,(H,29,30,31). The highest BCUT2D eigenvalue weighted by atomic mass is 35.5. The van der Waals surface area contributed by atoms with Gasteiger partial charge in [-0.15, -0.1) is 0 Å². The van der Waals surface area contributed by atoms with E-state index in [2.05, 4.69) is 32.3 Å². The molecule has 0 fully saturated rings. The smallest absolute Gasteiger partial charge is 0.268 e. The Labute approximate surface area is 219 Å². The van der Waals surface area contributed by atoms with Crippen molar-refractivity contribution < 1.29 is 14.3 Å². The van der Waals surface area contributed by atoms with Gasteiger partial charge in [0.15, 0.2) is 6.73 Å². The van der Waals surface area contributed by atoms with Crippen LogP contribution in [0, 0.1) is 0 Å². The number of anilines is 3. The minimum Gasteiger partial charge on any atom is -0.455 e. The minimum atomic E-state index is -0.334. The fourth-order valence-electron chi connectivity index (χ4n) is 4.49. The maximum absolute atomic E-state index is 13.1. The summed E-state index contributed by atoms with van der Waals surface area (Å²) in [5, 5.41) is 3.93. The van der Waals surface area contributed by atoms with E-state index < -0.39 is 0 Å². The Kier molecular flexibility index (Phi) is 7.09. The van der Waals surface area contributed by atoms with Crippen LogP contribution in [0.4, 0.5) is 17.3 Å². The third-order valence-corrected chi connectivity index (χ3v) is 6.93. The third kappa shape index (κ3) is 5.16. The van der Waals surface area contributed by atoms with Gasteiger partial charge in [-0.25, -0.2) is 4.98 Å². The Bertz CT molecular complexity index is 1310. The van der Waals surface area contributed by atoms with Gasteiger partial charge in [0.05, 0.1) is 15.7 Å². The first-order valence-electron chi connectivity index (χ1n) is 11.8. The Balaban J connectivity index is 1.27. The number of ketones is 1. The molecule has 2 aromatic carbocycles. The topological polar surface area (TPSA) is 87.7 Å². The summed E-state index contributed by atoms with van der Waals surface area (Å²) in [6, 6.07) is 11.3. The Hall–Kier alpha value is -3.20. The fourth-order valence-corrected chi connectivity index (χ4v) is 5.09. The number of fused-ring (bicyclic) bond motifs is 2. The molecule has 0 saturated carbocycles. The van der Waals surface area contributed by atoms with E-state index in [1.54, 1.807) is 25.1 Å². The minimum absolute atomic E-state index is 0.0620. The first-order valence-corrected chi connectivity index (χ1v) is 12.5. The molecule has 0 atom stereocenters. The molecule has 2 aliphatic rings. The molecule has 3 aromatic rings. The number of nitrogens with one attached hydrogen (secondary N) is 1.